The van der Waals surface area contributed by atoms with Crippen LogP contribution < -0.4 is 4.74 Å². The maximum absolute atomic E-state index is 12.2. The van der Waals surface area contributed by atoms with Crippen molar-refractivity contribution in [3.8, 4) is 11.5 Å². The summed E-state index contributed by atoms with van der Waals surface area (Å²) in [4.78, 5) is 12.2. The maximum Gasteiger partial charge on any atom is 0.344 e. The molecule has 0 saturated heterocycles. The molecule has 0 aromatic heterocycles. The SMILES string of the molecule is CC(C)(C)c1cc(OC(=O)c2ccccc2I)ccc1O. The van der Waals surface area contributed by atoms with Gasteiger partial charge in [0, 0.05) is 9.13 Å². The van der Waals surface area contributed by atoms with Gasteiger partial charge >= 0.3 is 5.97 Å². The number of ether oxygens (including phenoxy) is 1. The fraction of sp³-hybridized carbons (Fsp3) is 0.235. The Morgan fingerprint density at radius 3 is 2.43 bits per heavy atom. The first-order valence-electron chi connectivity index (χ1n) is 6.59. The van der Waals surface area contributed by atoms with E-state index in [-0.39, 0.29) is 11.2 Å². The molecular weight excluding hydrogens is 379 g/mol. The molecule has 2 rings (SSSR count). The van der Waals surface area contributed by atoms with E-state index in [9.17, 15) is 9.90 Å². The molecule has 110 valence electrons. The van der Waals surface area contributed by atoms with Gasteiger partial charge in [-0.05, 0) is 58.3 Å². The second-order valence-electron chi connectivity index (χ2n) is 5.80. The number of carbonyl (C=O) groups excluding carboxylic acids is 1. The van der Waals surface area contributed by atoms with E-state index in [1.165, 1.54) is 0 Å². The van der Waals surface area contributed by atoms with Crippen LogP contribution in [0.15, 0.2) is 42.5 Å². The first-order valence-corrected chi connectivity index (χ1v) is 7.67. The molecule has 0 saturated carbocycles. The van der Waals surface area contributed by atoms with Crippen LogP contribution in [-0.2, 0) is 5.41 Å². The van der Waals surface area contributed by atoms with Crippen molar-refractivity contribution in [3.05, 3.63) is 57.2 Å². The molecule has 0 aliphatic carbocycles. The van der Waals surface area contributed by atoms with E-state index in [2.05, 4.69) is 22.6 Å². The lowest BCUT2D eigenvalue weighted by Gasteiger charge is -2.21. The molecule has 2 aromatic carbocycles. The van der Waals surface area contributed by atoms with Crippen molar-refractivity contribution in [1.82, 2.24) is 0 Å². The Labute approximate surface area is 138 Å². The number of aromatic hydroxyl groups is 1. The Balaban J connectivity index is 2.29. The number of phenols is 1. The quantitative estimate of drug-likeness (QED) is 0.462. The largest absolute Gasteiger partial charge is 0.508 e. The minimum absolute atomic E-state index is 0.205. The topological polar surface area (TPSA) is 46.5 Å². The molecule has 0 fully saturated rings. The molecule has 4 heteroatoms. The van der Waals surface area contributed by atoms with Crippen LogP contribution in [0.5, 0.6) is 11.5 Å². The monoisotopic (exact) mass is 396 g/mol. The number of halogens is 1. The first kappa shape index (κ1) is 15.8. The van der Waals surface area contributed by atoms with E-state index in [1.807, 2.05) is 32.9 Å². The summed E-state index contributed by atoms with van der Waals surface area (Å²) in [5.74, 6) is 0.240. The molecule has 21 heavy (non-hydrogen) atoms. The van der Waals surface area contributed by atoms with Gasteiger partial charge in [-0.3, -0.25) is 0 Å². The number of rotatable bonds is 2. The van der Waals surface area contributed by atoms with Crippen molar-refractivity contribution in [2.24, 2.45) is 0 Å². The summed E-state index contributed by atoms with van der Waals surface area (Å²) >= 11 is 2.10. The molecule has 3 nitrogen and oxygen atoms in total. The highest BCUT2D eigenvalue weighted by atomic mass is 127. The molecule has 0 unspecified atom stereocenters. The molecule has 1 N–H and O–H groups in total. The van der Waals surface area contributed by atoms with Crippen LogP contribution in [-0.4, -0.2) is 11.1 Å². The lowest BCUT2D eigenvalue weighted by Crippen LogP contribution is -2.13. The number of phenolic OH excluding ortho intramolecular Hbond substituents is 1. The van der Waals surface area contributed by atoms with Gasteiger partial charge in [0.05, 0.1) is 5.56 Å². The Hall–Kier alpha value is -1.56. The van der Waals surface area contributed by atoms with Crippen LogP contribution in [0.25, 0.3) is 0 Å². The molecule has 0 aliphatic heterocycles. The average molecular weight is 396 g/mol. The molecule has 0 aliphatic rings. The molecule has 0 radical (unpaired) electrons. The van der Waals surface area contributed by atoms with Crippen molar-refractivity contribution in [2.75, 3.05) is 0 Å². The van der Waals surface area contributed by atoms with Crippen molar-refractivity contribution >= 4 is 28.6 Å². The van der Waals surface area contributed by atoms with E-state index in [0.29, 0.717) is 11.3 Å². The molecule has 0 atom stereocenters. The second-order valence-corrected chi connectivity index (χ2v) is 6.96. The molecular formula is C17H17IO3. The zero-order valence-electron chi connectivity index (χ0n) is 12.2. The first-order chi connectivity index (χ1) is 9.79. The summed E-state index contributed by atoms with van der Waals surface area (Å²) in [5, 5.41) is 9.92. The summed E-state index contributed by atoms with van der Waals surface area (Å²) in [6.07, 6.45) is 0. The lowest BCUT2D eigenvalue weighted by molar-refractivity contribution is 0.0733. The van der Waals surface area contributed by atoms with Gasteiger partial charge < -0.3 is 9.84 Å². The number of hydrogen-bond donors (Lipinski definition) is 1. The highest BCUT2D eigenvalue weighted by Crippen LogP contribution is 2.33. The third kappa shape index (κ3) is 3.75. The van der Waals surface area contributed by atoms with Gasteiger partial charge in [0.2, 0.25) is 0 Å². The second kappa shape index (κ2) is 6.05. The maximum atomic E-state index is 12.2. The highest BCUT2D eigenvalue weighted by molar-refractivity contribution is 14.1. The smallest absolute Gasteiger partial charge is 0.344 e. The number of esters is 1. The van der Waals surface area contributed by atoms with E-state index < -0.39 is 5.97 Å². The van der Waals surface area contributed by atoms with Gasteiger partial charge in [0.1, 0.15) is 11.5 Å². The Morgan fingerprint density at radius 1 is 1.14 bits per heavy atom. The van der Waals surface area contributed by atoms with Gasteiger partial charge in [0.25, 0.3) is 0 Å². The van der Waals surface area contributed by atoms with E-state index >= 15 is 0 Å². The highest BCUT2D eigenvalue weighted by Gasteiger charge is 2.20. The molecule has 0 heterocycles. The van der Waals surface area contributed by atoms with E-state index in [0.717, 1.165) is 9.13 Å². The van der Waals surface area contributed by atoms with Crippen molar-refractivity contribution < 1.29 is 14.6 Å². The van der Waals surface area contributed by atoms with Crippen molar-refractivity contribution in [1.29, 1.82) is 0 Å². The third-order valence-corrected chi connectivity index (χ3v) is 4.02. The molecule has 2 aromatic rings. The summed E-state index contributed by atoms with van der Waals surface area (Å²) in [6, 6.07) is 12.1. The molecule has 0 amide bonds. The van der Waals surface area contributed by atoms with Crippen LogP contribution in [0.1, 0.15) is 36.7 Å². The summed E-state index contributed by atoms with van der Waals surface area (Å²) in [5.41, 5.74) is 1.05. The standard InChI is InChI=1S/C17H17IO3/c1-17(2,3)13-10-11(8-9-15(13)19)21-16(20)12-6-4-5-7-14(12)18/h4-10,19H,1-3H3. The van der Waals surface area contributed by atoms with Gasteiger partial charge in [-0.15, -0.1) is 0 Å². The van der Waals surface area contributed by atoms with Crippen molar-refractivity contribution in [3.63, 3.8) is 0 Å². The predicted molar refractivity (Wildman–Crippen MR) is 90.9 cm³/mol. The zero-order valence-corrected chi connectivity index (χ0v) is 14.3. The van der Waals surface area contributed by atoms with Crippen LogP contribution >= 0.6 is 22.6 Å². The van der Waals surface area contributed by atoms with Crippen LogP contribution in [0.2, 0.25) is 0 Å². The number of hydrogen-bond acceptors (Lipinski definition) is 3. The average Bonchev–Trinajstić information content (AvgIpc) is 2.40. The van der Waals surface area contributed by atoms with Crippen LogP contribution in [0.3, 0.4) is 0 Å². The lowest BCUT2D eigenvalue weighted by atomic mass is 9.86. The van der Waals surface area contributed by atoms with Gasteiger partial charge in [-0.1, -0.05) is 32.9 Å². The minimum Gasteiger partial charge on any atom is -0.508 e. The Kier molecular flexibility index (Phi) is 4.56. The Bertz CT molecular complexity index is 672. The Morgan fingerprint density at radius 2 is 1.81 bits per heavy atom. The van der Waals surface area contributed by atoms with E-state index in [1.54, 1.807) is 30.3 Å². The number of carbonyl (C=O) groups is 1. The minimum atomic E-state index is -0.398. The normalized spacial score (nSPS) is 11.2. The fourth-order valence-electron chi connectivity index (χ4n) is 1.97. The van der Waals surface area contributed by atoms with Gasteiger partial charge in [0.15, 0.2) is 0 Å². The summed E-state index contributed by atoms with van der Waals surface area (Å²) in [7, 11) is 0. The summed E-state index contributed by atoms with van der Waals surface area (Å²) < 4.78 is 6.26. The van der Waals surface area contributed by atoms with E-state index in [4.69, 9.17) is 4.74 Å². The predicted octanol–water partition coefficient (Wildman–Crippen LogP) is 4.51. The molecule has 0 bridgehead atoms. The summed E-state index contributed by atoms with van der Waals surface area (Å²) in [6.45, 7) is 5.98. The third-order valence-electron chi connectivity index (χ3n) is 3.08. The van der Waals surface area contributed by atoms with Crippen LogP contribution in [0, 0.1) is 3.57 Å². The van der Waals surface area contributed by atoms with Crippen LogP contribution in [0.4, 0.5) is 0 Å². The van der Waals surface area contributed by atoms with Gasteiger partial charge in [-0.2, -0.15) is 0 Å². The van der Waals surface area contributed by atoms with Gasteiger partial charge in [-0.25, -0.2) is 4.79 Å². The molecule has 0 spiro atoms. The number of benzene rings is 2. The van der Waals surface area contributed by atoms with Crippen molar-refractivity contribution in [2.45, 2.75) is 26.2 Å². The zero-order chi connectivity index (χ0) is 15.6. The fourth-order valence-corrected chi connectivity index (χ4v) is 2.58.